The molecule has 126 valence electrons. The molecule has 1 N–H and O–H groups in total. The van der Waals surface area contributed by atoms with E-state index >= 15 is 0 Å². The van der Waals surface area contributed by atoms with Gasteiger partial charge in [-0.2, -0.15) is 0 Å². The number of carbonyl (C=O) groups is 1. The van der Waals surface area contributed by atoms with Crippen LogP contribution in [0, 0.1) is 17.0 Å². The van der Waals surface area contributed by atoms with Crippen LogP contribution in [0.2, 0.25) is 0 Å². The van der Waals surface area contributed by atoms with E-state index in [0.29, 0.717) is 17.2 Å². The third kappa shape index (κ3) is 3.32. The van der Waals surface area contributed by atoms with Crippen LogP contribution in [0.15, 0.2) is 36.5 Å². The third-order valence-electron chi connectivity index (χ3n) is 3.53. The number of amides is 1. The van der Waals surface area contributed by atoms with Crippen LogP contribution in [-0.2, 0) is 7.05 Å². The van der Waals surface area contributed by atoms with Crippen molar-refractivity contribution in [2.45, 2.75) is 6.92 Å². The number of nitrogens with one attached hydrogen (secondary N) is 1. The molecule has 0 spiro atoms. The standard InChI is InChI=1S/C15H13N7O3/c1-9-13(7-12(8-16-9)22(24)25)15(23)17-11-5-3-4-10(6-11)14-18-19-20-21(14)2/h3-8H,1-2H3,(H,17,23). The van der Waals surface area contributed by atoms with Gasteiger partial charge in [0, 0.05) is 24.4 Å². The summed E-state index contributed by atoms with van der Waals surface area (Å²) in [6.07, 6.45) is 1.12. The molecule has 0 fully saturated rings. The molecule has 0 radical (unpaired) electrons. The Kier molecular flexibility index (Phi) is 4.16. The molecule has 0 atom stereocenters. The molecular formula is C15H13N7O3. The van der Waals surface area contributed by atoms with E-state index in [1.807, 2.05) is 6.07 Å². The summed E-state index contributed by atoms with van der Waals surface area (Å²) >= 11 is 0. The van der Waals surface area contributed by atoms with Crippen LogP contribution in [-0.4, -0.2) is 36.0 Å². The SMILES string of the molecule is Cc1ncc([N+](=O)[O-])cc1C(=O)Nc1cccc(-c2nnnn2C)c1. The summed E-state index contributed by atoms with van der Waals surface area (Å²) in [7, 11) is 1.71. The number of hydrogen-bond donors (Lipinski definition) is 1. The average Bonchev–Trinajstić information content (AvgIpc) is 3.01. The maximum absolute atomic E-state index is 12.5. The molecule has 25 heavy (non-hydrogen) atoms. The number of tetrazole rings is 1. The Labute approximate surface area is 141 Å². The Bertz CT molecular complexity index is 967. The van der Waals surface area contributed by atoms with Crippen LogP contribution < -0.4 is 5.32 Å². The van der Waals surface area contributed by atoms with Gasteiger partial charge in [0.15, 0.2) is 5.82 Å². The van der Waals surface area contributed by atoms with Crippen molar-refractivity contribution in [3.05, 3.63) is 57.9 Å². The predicted octanol–water partition coefficient (Wildman–Crippen LogP) is 1.74. The largest absolute Gasteiger partial charge is 0.322 e. The van der Waals surface area contributed by atoms with Crippen LogP contribution >= 0.6 is 0 Å². The number of nitro groups is 1. The third-order valence-corrected chi connectivity index (χ3v) is 3.53. The van der Waals surface area contributed by atoms with E-state index in [4.69, 9.17) is 0 Å². The van der Waals surface area contributed by atoms with Gasteiger partial charge in [0.1, 0.15) is 6.20 Å². The van der Waals surface area contributed by atoms with Crippen LogP contribution in [0.5, 0.6) is 0 Å². The molecule has 0 aliphatic rings. The molecule has 0 saturated carbocycles. The molecule has 0 aliphatic heterocycles. The minimum absolute atomic E-state index is 0.139. The van der Waals surface area contributed by atoms with Gasteiger partial charge in [-0.15, -0.1) is 5.10 Å². The quantitative estimate of drug-likeness (QED) is 0.566. The summed E-state index contributed by atoms with van der Waals surface area (Å²) in [6.45, 7) is 1.61. The molecule has 2 heterocycles. The molecule has 2 aromatic heterocycles. The van der Waals surface area contributed by atoms with Crippen molar-refractivity contribution < 1.29 is 9.72 Å². The summed E-state index contributed by atoms with van der Waals surface area (Å²) in [5.74, 6) is 0.0613. The first-order valence-electron chi connectivity index (χ1n) is 7.21. The van der Waals surface area contributed by atoms with Gasteiger partial charge in [-0.05, 0) is 29.5 Å². The zero-order valence-corrected chi connectivity index (χ0v) is 13.4. The fourth-order valence-corrected chi connectivity index (χ4v) is 2.26. The summed E-state index contributed by atoms with van der Waals surface area (Å²) in [4.78, 5) is 26.6. The number of benzene rings is 1. The summed E-state index contributed by atoms with van der Waals surface area (Å²) in [5, 5.41) is 24.8. The lowest BCUT2D eigenvalue weighted by Gasteiger charge is -2.08. The van der Waals surface area contributed by atoms with E-state index in [1.165, 1.54) is 10.7 Å². The van der Waals surface area contributed by atoms with Gasteiger partial charge in [0.25, 0.3) is 11.6 Å². The Morgan fingerprint density at radius 3 is 2.80 bits per heavy atom. The number of hydrogen-bond acceptors (Lipinski definition) is 7. The van der Waals surface area contributed by atoms with Gasteiger partial charge < -0.3 is 5.32 Å². The molecule has 10 nitrogen and oxygen atoms in total. The Balaban J connectivity index is 1.88. The number of rotatable bonds is 4. The number of anilines is 1. The van der Waals surface area contributed by atoms with E-state index in [2.05, 4.69) is 25.8 Å². The number of carbonyl (C=O) groups excluding carboxylic acids is 1. The van der Waals surface area contributed by atoms with Crippen LogP contribution in [0.3, 0.4) is 0 Å². The summed E-state index contributed by atoms with van der Waals surface area (Å²) in [6, 6.07) is 8.17. The maximum Gasteiger partial charge on any atom is 0.288 e. The van der Waals surface area contributed by atoms with Crippen molar-refractivity contribution in [1.82, 2.24) is 25.2 Å². The highest BCUT2D eigenvalue weighted by Gasteiger charge is 2.16. The number of aryl methyl sites for hydroxylation is 2. The maximum atomic E-state index is 12.5. The minimum Gasteiger partial charge on any atom is -0.322 e. The Morgan fingerprint density at radius 2 is 2.12 bits per heavy atom. The molecule has 1 aromatic carbocycles. The average molecular weight is 339 g/mol. The van der Waals surface area contributed by atoms with Crippen molar-refractivity contribution in [3.63, 3.8) is 0 Å². The molecule has 10 heteroatoms. The van der Waals surface area contributed by atoms with Crippen LogP contribution in [0.4, 0.5) is 11.4 Å². The zero-order chi connectivity index (χ0) is 18.0. The Hall–Kier alpha value is -3.69. The highest BCUT2D eigenvalue weighted by atomic mass is 16.6. The van der Waals surface area contributed by atoms with E-state index in [0.717, 1.165) is 11.8 Å². The van der Waals surface area contributed by atoms with Crippen molar-refractivity contribution >= 4 is 17.3 Å². The van der Waals surface area contributed by atoms with Crippen molar-refractivity contribution in [2.24, 2.45) is 7.05 Å². The highest BCUT2D eigenvalue weighted by molar-refractivity contribution is 6.05. The van der Waals surface area contributed by atoms with E-state index < -0.39 is 10.8 Å². The lowest BCUT2D eigenvalue weighted by atomic mass is 10.1. The second-order valence-electron chi connectivity index (χ2n) is 5.24. The Morgan fingerprint density at radius 1 is 1.32 bits per heavy atom. The first-order chi connectivity index (χ1) is 12.0. The highest BCUT2D eigenvalue weighted by Crippen LogP contribution is 2.21. The van der Waals surface area contributed by atoms with Crippen LogP contribution in [0.1, 0.15) is 16.1 Å². The number of pyridine rings is 1. The van der Waals surface area contributed by atoms with Gasteiger partial charge in [-0.3, -0.25) is 19.9 Å². The van der Waals surface area contributed by atoms with Gasteiger partial charge in [0.2, 0.25) is 0 Å². The normalized spacial score (nSPS) is 10.5. The van der Waals surface area contributed by atoms with Crippen LogP contribution in [0.25, 0.3) is 11.4 Å². The smallest absolute Gasteiger partial charge is 0.288 e. The molecular weight excluding hydrogens is 326 g/mol. The van der Waals surface area contributed by atoms with Gasteiger partial charge in [-0.25, -0.2) is 4.68 Å². The van der Waals surface area contributed by atoms with Gasteiger partial charge >= 0.3 is 0 Å². The molecule has 0 unspecified atom stereocenters. The molecule has 3 rings (SSSR count). The number of nitrogens with zero attached hydrogens (tertiary/aromatic N) is 6. The topological polar surface area (TPSA) is 129 Å². The van der Waals surface area contributed by atoms with Gasteiger partial charge in [0.05, 0.1) is 16.2 Å². The van der Waals surface area contributed by atoms with Crippen molar-refractivity contribution in [2.75, 3.05) is 5.32 Å². The fourth-order valence-electron chi connectivity index (χ4n) is 2.26. The molecule has 3 aromatic rings. The van der Waals surface area contributed by atoms with Crippen molar-refractivity contribution in [3.8, 4) is 11.4 Å². The molecule has 1 amide bonds. The second-order valence-corrected chi connectivity index (χ2v) is 5.24. The first-order valence-corrected chi connectivity index (χ1v) is 7.21. The molecule has 0 saturated heterocycles. The molecule has 0 bridgehead atoms. The monoisotopic (exact) mass is 339 g/mol. The second kappa shape index (κ2) is 6.43. The summed E-state index contributed by atoms with van der Waals surface area (Å²) < 4.78 is 1.51. The molecule has 0 aliphatic carbocycles. The van der Waals surface area contributed by atoms with Gasteiger partial charge in [-0.1, -0.05) is 12.1 Å². The lowest BCUT2D eigenvalue weighted by molar-refractivity contribution is -0.385. The zero-order valence-electron chi connectivity index (χ0n) is 13.4. The first kappa shape index (κ1) is 16.2. The predicted molar refractivity (Wildman–Crippen MR) is 87.8 cm³/mol. The van der Waals surface area contributed by atoms with E-state index in [-0.39, 0.29) is 11.3 Å². The number of aromatic nitrogens is 5. The lowest BCUT2D eigenvalue weighted by Crippen LogP contribution is -2.14. The summed E-state index contributed by atoms with van der Waals surface area (Å²) in [5.41, 5.74) is 1.53. The van der Waals surface area contributed by atoms with E-state index in [1.54, 1.807) is 32.2 Å². The van der Waals surface area contributed by atoms with Crippen molar-refractivity contribution in [1.29, 1.82) is 0 Å². The fraction of sp³-hybridized carbons (Fsp3) is 0.133. The van der Waals surface area contributed by atoms with E-state index in [9.17, 15) is 14.9 Å². The minimum atomic E-state index is -0.592.